The van der Waals surface area contributed by atoms with Crippen molar-refractivity contribution in [2.45, 2.75) is 19.3 Å². The molecular weight excluding hydrogens is 329 g/mol. The number of carbonyl (C=O) groups is 1. The van der Waals surface area contributed by atoms with Gasteiger partial charge in [0.05, 0.1) is 10.8 Å². The van der Waals surface area contributed by atoms with Crippen molar-refractivity contribution >= 4 is 22.9 Å². The third-order valence-corrected chi connectivity index (χ3v) is 4.99. The first-order chi connectivity index (χ1) is 11.6. The summed E-state index contributed by atoms with van der Waals surface area (Å²) in [6.45, 7) is 2.10. The van der Waals surface area contributed by atoms with Gasteiger partial charge in [-0.05, 0) is 36.1 Å². The summed E-state index contributed by atoms with van der Waals surface area (Å²) in [6, 6.07) is 8.65. The van der Waals surface area contributed by atoms with Crippen LogP contribution in [0.1, 0.15) is 23.8 Å². The van der Waals surface area contributed by atoms with Gasteiger partial charge >= 0.3 is 0 Å². The van der Waals surface area contributed by atoms with E-state index in [4.69, 9.17) is 4.52 Å². The first kappa shape index (κ1) is 15.0. The lowest BCUT2D eigenvalue weighted by Crippen LogP contribution is -2.24. The number of nitrogens with zero attached hydrogens (tertiary/aromatic N) is 3. The molecule has 1 aliphatic rings. The summed E-state index contributed by atoms with van der Waals surface area (Å²) in [5.74, 6) is 0.415. The fourth-order valence-corrected chi connectivity index (χ4v) is 3.43. The van der Waals surface area contributed by atoms with Crippen molar-refractivity contribution in [2.24, 2.45) is 0 Å². The van der Waals surface area contributed by atoms with Crippen molar-refractivity contribution in [3.63, 3.8) is 0 Å². The molecule has 0 bridgehead atoms. The molecule has 0 radical (unpaired) electrons. The van der Waals surface area contributed by atoms with Gasteiger partial charge in [-0.2, -0.15) is 4.98 Å². The van der Waals surface area contributed by atoms with Crippen LogP contribution in [-0.2, 0) is 4.79 Å². The zero-order valence-corrected chi connectivity index (χ0v) is 13.7. The van der Waals surface area contributed by atoms with E-state index in [0.717, 1.165) is 4.88 Å². The smallest absolute Gasteiger partial charge is 0.232 e. The fourth-order valence-electron chi connectivity index (χ4n) is 2.78. The molecule has 1 saturated heterocycles. The Labute approximate surface area is 141 Å². The minimum absolute atomic E-state index is 0.0703. The van der Waals surface area contributed by atoms with E-state index in [1.165, 1.54) is 17.4 Å². The molecule has 1 amide bonds. The highest BCUT2D eigenvalue weighted by molar-refractivity contribution is 7.13. The number of aromatic nitrogens is 2. The van der Waals surface area contributed by atoms with Crippen molar-refractivity contribution in [1.82, 2.24) is 10.1 Å². The topological polar surface area (TPSA) is 59.2 Å². The Morgan fingerprint density at radius 1 is 1.38 bits per heavy atom. The fraction of sp³-hybridized carbons (Fsp3) is 0.235. The second-order valence-corrected chi connectivity index (χ2v) is 6.72. The van der Waals surface area contributed by atoms with E-state index in [2.05, 4.69) is 10.1 Å². The molecular formula is C17H14FN3O2S. The van der Waals surface area contributed by atoms with Crippen LogP contribution >= 0.6 is 11.3 Å². The van der Waals surface area contributed by atoms with Crippen molar-refractivity contribution in [2.75, 3.05) is 11.4 Å². The van der Waals surface area contributed by atoms with Crippen LogP contribution in [0.2, 0.25) is 0 Å². The molecule has 3 aromatic rings. The van der Waals surface area contributed by atoms with Gasteiger partial charge in [0.1, 0.15) is 5.82 Å². The molecule has 1 fully saturated rings. The molecule has 0 N–H and O–H groups in total. The summed E-state index contributed by atoms with van der Waals surface area (Å²) < 4.78 is 19.1. The van der Waals surface area contributed by atoms with Crippen LogP contribution in [0, 0.1) is 12.7 Å². The molecule has 0 spiro atoms. The van der Waals surface area contributed by atoms with E-state index in [1.807, 2.05) is 17.5 Å². The minimum atomic E-state index is -0.318. The molecule has 7 heteroatoms. The number of benzene rings is 1. The van der Waals surface area contributed by atoms with Crippen LogP contribution in [0.25, 0.3) is 10.7 Å². The maximum absolute atomic E-state index is 13.8. The lowest BCUT2D eigenvalue weighted by atomic mass is 10.1. The second-order valence-electron chi connectivity index (χ2n) is 5.77. The highest BCUT2D eigenvalue weighted by atomic mass is 32.1. The zero-order valence-electron chi connectivity index (χ0n) is 12.9. The van der Waals surface area contributed by atoms with Crippen molar-refractivity contribution in [3.8, 4) is 10.7 Å². The number of halogens is 1. The van der Waals surface area contributed by atoms with E-state index in [-0.39, 0.29) is 24.1 Å². The zero-order chi connectivity index (χ0) is 16.7. The van der Waals surface area contributed by atoms with E-state index >= 15 is 0 Å². The number of rotatable bonds is 3. The molecule has 5 nitrogen and oxygen atoms in total. The van der Waals surface area contributed by atoms with Gasteiger partial charge < -0.3 is 9.42 Å². The summed E-state index contributed by atoms with van der Waals surface area (Å²) in [5.41, 5.74) is 1.11. The predicted octanol–water partition coefficient (Wildman–Crippen LogP) is 3.77. The highest BCUT2D eigenvalue weighted by Crippen LogP contribution is 2.33. The van der Waals surface area contributed by atoms with E-state index in [0.29, 0.717) is 29.5 Å². The lowest BCUT2D eigenvalue weighted by molar-refractivity contribution is -0.117. The minimum Gasteiger partial charge on any atom is -0.339 e. The first-order valence-electron chi connectivity index (χ1n) is 7.56. The number of aryl methyl sites for hydroxylation is 1. The van der Waals surface area contributed by atoms with Gasteiger partial charge in [-0.1, -0.05) is 17.3 Å². The average Bonchev–Trinajstić information content (AvgIpc) is 3.28. The molecule has 24 heavy (non-hydrogen) atoms. The monoisotopic (exact) mass is 343 g/mol. The number of carbonyl (C=O) groups excluding carboxylic acids is 1. The quantitative estimate of drug-likeness (QED) is 0.726. The van der Waals surface area contributed by atoms with Crippen LogP contribution in [-0.4, -0.2) is 22.6 Å². The Kier molecular flexibility index (Phi) is 3.65. The Morgan fingerprint density at radius 3 is 3.00 bits per heavy atom. The largest absolute Gasteiger partial charge is 0.339 e. The molecule has 0 aliphatic carbocycles. The number of anilines is 1. The van der Waals surface area contributed by atoms with Crippen LogP contribution in [0.4, 0.5) is 10.1 Å². The molecule has 0 unspecified atom stereocenters. The van der Waals surface area contributed by atoms with Crippen molar-refractivity contribution < 1.29 is 13.7 Å². The molecule has 2 aromatic heterocycles. The predicted molar refractivity (Wildman–Crippen MR) is 88.5 cm³/mol. The van der Waals surface area contributed by atoms with E-state index in [1.54, 1.807) is 24.0 Å². The third kappa shape index (κ3) is 2.60. The summed E-state index contributed by atoms with van der Waals surface area (Å²) in [7, 11) is 0. The summed E-state index contributed by atoms with van der Waals surface area (Å²) in [5, 5.41) is 5.93. The molecule has 122 valence electrons. The number of hydrogen-bond donors (Lipinski definition) is 0. The van der Waals surface area contributed by atoms with Crippen LogP contribution in [0.3, 0.4) is 0 Å². The van der Waals surface area contributed by atoms with E-state index < -0.39 is 0 Å². The number of hydrogen-bond acceptors (Lipinski definition) is 5. The second kappa shape index (κ2) is 5.83. The van der Waals surface area contributed by atoms with Crippen LogP contribution in [0.15, 0.2) is 40.2 Å². The first-order valence-corrected chi connectivity index (χ1v) is 8.44. The van der Waals surface area contributed by atoms with Gasteiger partial charge in [0.15, 0.2) is 0 Å². The molecule has 1 aliphatic heterocycles. The van der Waals surface area contributed by atoms with Gasteiger partial charge in [-0.25, -0.2) is 4.39 Å². The maximum atomic E-state index is 13.8. The van der Waals surface area contributed by atoms with Gasteiger partial charge in [0.25, 0.3) is 0 Å². The van der Waals surface area contributed by atoms with Crippen LogP contribution in [0.5, 0.6) is 0 Å². The normalized spacial score (nSPS) is 17.7. The molecule has 1 aromatic carbocycles. The van der Waals surface area contributed by atoms with Crippen LogP contribution < -0.4 is 4.90 Å². The summed E-state index contributed by atoms with van der Waals surface area (Å²) in [4.78, 5) is 19.2. The molecule has 0 saturated carbocycles. The van der Waals surface area contributed by atoms with Gasteiger partial charge in [0, 0.05) is 18.7 Å². The Morgan fingerprint density at radius 2 is 2.25 bits per heavy atom. The van der Waals surface area contributed by atoms with Gasteiger partial charge in [-0.15, -0.1) is 11.3 Å². The summed E-state index contributed by atoms with van der Waals surface area (Å²) in [6.07, 6.45) is 0.279. The highest BCUT2D eigenvalue weighted by Gasteiger charge is 2.35. The number of thiophene rings is 1. The van der Waals surface area contributed by atoms with Gasteiger partial charge in [0.2, 0.25) is 17.6 Å². The molecule has 3 heterocycles. The van der Waals surface area contributed by atoms with E-state index in [9.17, 15) is 9.18 Å². The molecule has 1 atom stereocenters. The van der Waals surface area contributed by atoms with Gasteiger partial charge in [-0.3, -0.25) is 4.79 Å². The Hall–Kier alpha value is -2.54. The standard InChI is InChI=1S/C17H14FN3O2S/c1-10-4-5-12(8-13(10)18)21-9-11(7-15(21)22)17-19-16(20-23-17)14-3-2-6-24-14/h2-6,8,11H,7,9H2,1H3/t11-/m1/s1. The lowest BCUT2D eigenvalue weighted by Gasteiger charge is -2.16. The Balaban J connectivity index is 1.56. The third-order valence-electron chi connectivity index (χ3n) is 4.12. The average molecular weight is 343 g/mol. The Bertz CT molecular complexity index is 891. The molecule has 4 rings (SSSR count). The summed E-state index contributed by atoms with van der Waals surface area (Å²) >= 11 is 1.53. The SMILES string of the molecule is Cc1ccc(N2C[C@H](c3nc(-c4cccs4)no3)CC2=O)cc1F. The van der Waals surface area contributed by atoms with Crippen molar-refractivity contribution in [1.29, 1.82) is 0 Å². The van der Waals surface area contributed by atoms with Crippen molar-refractivity contribution in [3.05, 3.63) is 53.0 Å². The maximum Gasteiger partial charge on any atom is 0.232 e. The number of amides is 1.